The lowest BCUT2D eigenvalue weighted by molar-refractivity contribution is -0.182. The molecule has 39 heavy (non-hydrogen) atoms. The van der Waals surface area contributed by atoms with Gasteiger partial charge in [0.2, 0.25) is 5.60 Å². The lowest BCUT2D eigenvalue weighted by Crippen LogP contribution is -2.49. The number of ether oxygens (including phenoxy) is 2. The zero-order chi connectivity index (χ0) is 26.4. The van der Waals surface area contributed by atoms with Crippen LogP contribution < -0.4 is 4.74 Å². The standard InChI is InChI=1S/C31H29N3O5/c35-30(31(36)23-10-4-6-12-25(23)37-26-13-7-5-11-24(26)31)38-27-18-21-14-16-34(17-15-22(21)27)19-28-32-29(39-33-28)20-8-2-1-3-9-20/h1-13,21-22,27,36H,14-19H2/t21?,22?,27-/m0/s1. The van der Waals surface area contributed by atoms with Crippen LogP contribution in [0, 0.1) is 11.8 Å². The average Bonchev–Trinajstić information content (AvgIpc) is 3.36. The summed E-state index contributed by atoms with van der Waals surface area (Å²) in [4.78, 5) is 20.6. The first-order chi connectivity index (χ1) is 19.1. The lowest BCUT2D eigenvalue weighted by Gasteiger charge is -2.44. The highest BCUT2D eigenvalue weighted by Gasteiger charge is 2.52. The number of benzene rings is 3. The van der Waals surface area contributed by atoms with Gasteiger partial charge in [0.15, 0.2) is 5.82 Å². The van der Waals surface area contributed by atoms with Crippen LogP contribution in [-0.4, -0.2) is 45.3 Å². The van der Waals surface area contributed by atoms with Crippen molar-refractivity contribution in [3.8, 4) is 23.0 Å². The fourth-order valence-electron chi connectivity index (χ4n) is 6.23. The summed E-state index contributed by atoms with van der Waals surface area (Å²) in [6.07, 6.45) is 2.51. The molecule has 1 saturated carbocycles. The van der Waals surface area contributed by atoms with Gasteiger partial charge < -0.3 is 19.1 Å². The lowest BCUT2D eigenvalue weighted by atomic mass is 9.68. The summed E-state index contributed by atoms with van der Waals surface area (Å²) in [5.74, 6) is 2.23. The maximum Gasteiger partial charge on any atom is 0.348 e. The van der Waals surface area contributed by atoms with E-state index in [1.54, 1.807) is 36.4 Å². The van der Waals surface area contributed by atoms with E-state index >= 15 is 0 Å². The van der Waals surface area contributed by atoms with Gasteiger partial charge in [0, 0.05) is 22.6 Å². The van der Waals surface area contributed by atoms with Crippen LogP contribution in [0.15, 0.2) is 83.4 Å². The minimum atomic E-state index is -1.91. The molecule has 3 heterocycles. The number of carbonyl (C=O) groups is 1. The van der Waals surface area contributed by atoms with Crippen molar-refractivity contribution in [3.63, 3.8) is 0 Å². The molecule has 0 bridgehead atoms. The van der Waals surface area contributed by atoms with Gasteiger partial charge in [-0.15, -0.1) is 0 Å². The highest BCUT2D eigenvalue weighted by atomic mass is 16.6. The topological polar surface area (TPSA) is 97.9 Å². The van der Waals surface area contributed by atoms with Crippen LogP contribution >= 0.6 is 0 Å². The van der Waals surface area contributed by atoms with Crippen molar-refractivity contribution in [2.24, 2.45) is 11.8 Å². The number of carbonyl (C=O) groups excluding carboxylic acids is 1. The molecule has 7 rings (SSSR count). The summed E-state index contributed by atoms with van der Waals surface area (Å²) >= 11 is 0. The van der Waals surface area contributed by atoms with E-state index < -0.39 is 11.6 Å². The Morgan fingerprint density at radius 3 is 2.36 bits per heavy atom. The third kappa shape index (κ3) is 4.20. The van der Waals surface area contributed by atoms with Crippen LogP contribution in [-0.2, 0) is 21.7 Å². The van der Waals surface area contributed by atoms with Crippen LogP contribution in [0.4, 0.5) is 0 Å². The molecule has 3 aliphatic rings. The van der Waals surface area contributed by atoms with E-state index in [1.807, 2.05) is 42.5 Å². The number of esters is 1. The van der Waals surface area contributed by atoms with Crippen molar-refractivity contribution in [2.45, 2.75) is 37.5 Å². The first kappa shape index (κ1) is 24.1. The summed E-state index contributed by atoms with van der Waals surface area (Å²) in [5.41, 5.74) is -0.188. The van der Waals surface area contributed by atoms with Crippen LogP contribution in [0.25, 0.3) is 11.5 Å². The van der Waals surface area contributed by atoms with Crippen LogP contribution in [0.1, 0.15) is 36.2 Å². The van der Waals surface area contributed by atoms with E-state index in [0.717, 1.165) is 37.9 Å². The van der Waals surface area contributed by atoms with E-state index in [-0.39, 0.29) is 12.0 Å². The summed E-state index contributed by atoms with van der Waals surface area (Å²) in [7, 11) is 0. The van der Waals surface area contributed by atoms with E-state index in [0.29, 0.717) is 46.8 Å². The monoisotopic (exact) mass is 523 g/mol. The van der Waals surface area contributed by atoms with Crippen LogP contribution in [0.2, 0.25) is 0 Å². The maximum atomic E-state index is 13.7. The first-order valence-electron chi connectivity index (χ1n) is 13.5. The summed E-state index contributed by atoms with van der Waals surface area (Å²) in [6, 6.07) is 24.0. The molecule has 8 heteroatoms. The zero-order valence-electron chi connectivity index (χ0n) is 21.4. The van der Waals surface area contributed by atoms with Gasteiger partial charge in [0.1, 0.15) is 17.6 Å². The summed E-state index contributed by atoms with van der Waals surface area (Å²) < 4.78 is 17.5. The molecule has 198 valence electrons. The Hall–Kier alpha value is -4.01. The third-order valence-electron chi connectivity index (χ3n) is 8.39. The number of hydrogen-bond acceptors (Lipinski definition) is 8. The van der Waals surface area contributed by atoms with Crippen molar-refractivity contribution in [3.05, 3.63) is 95.8 Å². The molecule has 3 aromatic carbocycles. The van der Waals surface area contributed by atoms with Gasteiger partial charge in [-0.1, -0.05) is 59.8 Å². The van der Waals surface area contributed by atoms with Crippen molar-refractivity contribution in [1.29, 1.82) is 0 Å². The summed E-state index contributed by atoms with van der Waals surface area (Å²) in [6.45, 7) is 2.40. The predicted molar refractivity (Wildman–Crippen MR) is 142 cm³/mol. The number of fused-ring (bicyclic) bond motifs is 3. The van der Waals surface area contributed by atoms with Crippen molar-refractivity contribution in [1.82, 2.24) is 15.0 Å². The molecule has 8 nitrogen and oxygen atoms in total. The molecule has 0 radical (unpaired) electrons. The molecule has 0 spiro atoms. The molecule has 2 fully saturated rings. The SMILES string of the molecule is O=C(O[C@H]1CC2CCN(Cc3noc(-c4ccccc4)n3)CCC21)C1(O)c2ccccc2Oc2ccccc21. The molecule has 0 amide bonds. The number of aromatic nitrogens is 2. The number of hydrogen-bond donors (Lipinski definition) is 1. The minimum Gasteiger partial charge on any atom is -0.459 e. The largest absolute Gasteiger partial charge is 0.459 e. The Balaban J connectivity index is 1.03. The molecular formula is C31H29N3O5. The average molecular weight is 524 g/mol. The van der Waals surface area contributed by atoms with Gasteiger partial charge in [0.25, 0.3) is 5.89 Å². The van der Waals surface area contributed by atoms with Crippen molar-refractivity contribution < 1.29 is 23.9 Å². The van der Waals surface area contributed by atoms with E-state index in [4.69, 9.17) is 14.0 Å². The fraction of sp³-hybridized carbons (Fsp3) is 0.323. The Morgan fingerprint density at radius 1 is 0.949 bits per heavy atom. The maximum absolute atomic E-state index is 13.7. The van der Waals surface area contributed by atoms with Gasteiger partial charge >= 0.3 is 5.97 Å². The molecule has 4 aromatic rings. The van der Waals surface area contributed by atoms with E-state index in [2.05, 4.69) is 15.0 Å². The molecule has 1 N–H and O–H groups in total. The first-order valence-corrected chi connectivity index (χ1v) is 13.5. The van der Waals surface area contributed by atoms with Crippen molar-refractivity contribution >= 4 is 5.97 Å². The molecule has 2 aliphatic heterocycles. The quantitative estimate of drug-likeness (QED) is 0.368. The number of nitrogens with zero attached hydrogens (tertiary/aromatic N) is 3. The second-order valence-electron chi connectivity index (χ2n) is 10.6. The molecular weight excluding hydrogens is 494 g/mol. The Kier molecular flexibility index (Phi) is 5.94. The smallest absolute Gasteiger partial charge is 0.348 e. The second kappa shape index (κ2) is 9.63. The Bertz CT molecular complexity index is 1460. The number of likely N-dealkylation sites (tertiary alicyclic amines) is 1. The third-order valence-corrected chi connectivity index (χ3v) is 8.39. The predicted octanol–water partition coefficient (Wildman–Crippen LogP) is 4.92. The molecule has 1 aromatic heterocycles. The Morgan fingerprint density at radius 2 is 1.62 bits per heavy atom. The van der Waals surface area contributed by atoms with Gasteiger partial charge in [-0.25, -0.2) is 4.79 Å². The summed E-state index contributed by atoms with van der Waals surface area (Å²) in [5, 5.41) is 16.1. The minimum absolute atomic E-state index is 0.219. The second-order valence-corrected chi connectivity index (χ2v) is 10.6. The van der Waals surface area contributed by atoms with Crippen molar-refractivity contribution in [2.75, 3.05) is 13.1 Å². The number of rotatable bonds is 5. The molecule has 3 atom stereocenters. The molecule has 1 saturated heterocycles. The van der Waals surface area contributed by atoms with Crippen LogP contribution in [0.5, 0.6) is 11.5 Å². The van der Waals surface area contributed by atoms with Crippen LogP contribution in [0.3, 0.4) is 0 Å². The van der Waals surface area contributed by atoms with E-state index in [9.17, 15) is 9.90 Å². The highest BCUT2D eigenvalue weighted by molar-refractivity contribution is 5.88. The molecule has 1 aliphatic carbocycles. The van der Waals surface area contributed by atoms with Gasteiger partial charge in [-0.3, -0.25) is 4.90 Å². The molecule has 2 unspecified atom stereocenters. The Labute approximate surface area is 226 Å². The zero-order valence-corrected chi connectivity index (χ0v) is 21.4. The number of aliphatic hydroxyl groups is 1. The normalized spacial score (nSPS) is 23.3. The van der Waals surface area contributed by atoms with E-state index in [1.165, 1.54) is 0 Å². The number of para-hydroxylation sites is 2. The highest BCUT2D eigenvalue weighted by Crippen LogP contribution is 2.49. The van der Waals surface area contributed by atoms with Gasteiger partial charge in [-0.05, 0) is 62.5 Å². The fourth-order valence-corrected chi connectivity index (χ4v) is 6.23. The van der Waals surface area contributed by atoms with Gasteiger partial charge in [-0.2, -0.15) is 4.98 Å². The van der Waals surface area contributed by atoms with Gasteiger partial charge in [0.05, 0.1) is 6.54 Å².